The van der Waals surface area contributed by atoms with Crippen LogP contribution >= 0.6 is 0 Å². The van der Waals surface area contributed by atoms with E-state index in [1.807, 2.05) is 0 Å². The molecule has 0 bridgehead atoms. The van der Waals surface area contributed by atoms with Crippen LogP contribution in [0.2, 0.25) is 0 Å². The molecule has 1 heterocycles. The number of piperidine rings is 1. The van der Waals surface area contributed by atoms with Crippen molar-refractivity contribution in [2.45, 2.75) is 31.7 Å². The van der Waals surface area contributed by atoms with E-state index in [4.69, 9.17) is 11.5 Å². The van der Waals surface area contributed by atoms with E-state index in [-0.39, 0.29) is 30.2 Å². The van der Waals surface area contributed by atoms with Gasteiger partial charge in [-0.05, 0) is 36.8 Å². The number of halogens is 3. The number of amides is 2. The monoisotopic (exact) mass is 343 g/mol. The minimum absolute atomic E-state index is 0.0233. The number of nitrogens with zero attached hydrogens (tertiary/aromatic N) is 1. The van der Waals surface area contributed by atoms with E-state index in [9.17, 15) is 22.8 Å². The third-order valence-electron chi connectivity index (χ3n) is 4.37. The standard InChI is InChI=1S/C16H20F3N3O2/c17-11-7-13(19)12(18)5-10(11)6-14(20)9-1-3-22(4-2-9)16(24)8-15(21)23/h5,7,9,14H,1-4,6,8,20H2,(H2,21,23)/t14-/m1/s1. The third kappa shape index (κ3) is 4.47. The maximum absolute atomic E-state index is 13.7. The Bertz CT molecular complexity index is 631. The number of carbonyl (C=O) groups excluding carboxylic acids is 2. The average Bonchev–Trinajstić information content (AvgIpc) is 2.52. The molecule has 0 radical (unpaired) electrons. The van der Waals surface area contributed by atoms with E-state index < -0.39 is 29.4 Å². The second kappa shape index (κ2) is 7.65. The molecule has 2 rings (SSSR count). The summed E-state index contributed by atoms with van der Waals surface area (Å²) in [5.74, 6) is -4.13. The summed E-state index contributed by atoms with van der Waals surface area (Å²) in [6.07, 6.45) is 0.952. The van der Waals surface area contributed by atoms with Crippen LogP contribution in [0.3, 0.4) is 0 Å². The van der Waals surface area contributed by atoms with Gasteiger partial charge in [0.1, 0.15) is 12.2 Å². The first kappa shape index (κ1) is 18.3. The minimum atomic E-state index is -1.23. The van der Waals surface area contributed by atoms with Crippen molar-refractivity contribution in [1.29, 1.82) is 0 Å². The summed E-state index contributed by atoms with van der Waals surface area (Å²) in [5, 5.41) is 0. The molecular weight excluding hydrogens is 323 g/mol. The quantitative estimate of drug-likeness (QED) is 0.619. The van der Waals surface area contributed by atoms with Crippen molar-refractivity contribution < 1.29 is 22.8 Å². The van der Waals surface area contributed by atoms with Crippen molar-refractivity contribution in [3.05, 3.63) is 35.1 Å². The van der Waals surface area contributed by atoms with Crippen LogP contribution in [-0.2, 0) is 16.0 Å². The predicted octanol–water partition coefficient (Wildman–Crippen LogP) is 1.09. The van der Waals surface area contributed by atoms with E-state index >= 15 is 0 Å². The molecule has 1 atom stereocenters. The lowest BCUT2D eigenvalue weighted by Crippen LogP contribution is -2.45. The Labute approximate surface area is 137 Å². The molecule has 1 aliphatic heterocycles. The van der Waals surface area contributed by atoms with Gasteiger partial charge in [-0.25, -0.2) is 13.2 Å². The van der Waals surface area contributed by atoms with Gasteiger partial charge in [-0.15, -0.1) is 0 Å². The van der Waals surface area contributed by atoms with Gasteiger partial charge in [0.25, 0.3) is 0 Å². The van der Waals surface area contributed by atoms with E-state index in [0.29, 0.717) is 32.0 Å². The zero-order valence-corrected chi connectivity index (χ0v) is 13.1. The van der Waals surface area contributed by atoms with Crippen LogP contribution in [0, 0.1) is 23.4 Å². The number of primary amides is 1. The third-order valence-corrected chi connectivity index (χ3v) is 4.37. The van der Waals surface area contributed by atoms with E-state index in [1.54, 1.807) is 4.90 Å². The van der Waals surface area contributed by atoms with Gasteiger partial charge >= 0.3 is 0 Å². The smallest absolute Gasteiger partial charge is 0.231 e. The molecule has 0 spiro atoms. The largest absolute Gasteiger partial charge is 0.369 e. The summed E-state index contributed by atoms with van der Waals surface area (Å²) < 4.78 is 39.9. The molecule has 24 heavy (non-hydrogen) atoms. The molecule has 0 aromatic heterocycles. The zero-order valence-electron chi connectivity index (χ0n) is 13.1. The van der Waals surface area contributed by atoms with Crippen molar-refractivity contribution >= 4 is 11.8 Å². The highest BCUT2D eigenvalue weighted by molar-refractivity contribution is 5.96. The van der Waals surface area contributed by atoms with Gasteiger partial charge in [0.15, 0.2) is 11.6 Å². The van der Waals surface area contributed by atoms with Crippen LogP contribution in [0.4, 0.5) is 13.2 Å². The summed E-state index contributed by atoms with van der Waals surface area (Å²) in [4.78, 5) is 24.1. The van der Waals surface area contributed by atoms with Gasteiger partial charge in [0.05, 0.1) is 0 Å². The number of benzene rings is 1. The fourth-order valence-electron chi connectivity index (χ4n) is 2.98. The molecule has 8 heteroatoms. The highest BCUT2D eigenvalue weighted by Crippen LogP contribution is 2.24. The van der Waals surface area contributed by atoms with Crippen molar-refractivity contribution in [2.24, 2.45) is 17.4 Å². The average molecular weight is 343 g/mol. The Hall–Kier alpha value is -2.09. The first-order valence-electron chi connectivity index (χ1n) is 7.73. The molecule has 1 fully saturated rings. The molecule has 1 saturated heterocycles. The van der Waals surface area contributed by atoms with Gasteiger partial charge in [0.2, 0.25) is 11.8 Å². The minimum Gasteiger partial charge on any atom is -0.369 e. The highest BCUT2D eigenvalue weighted by atomic mass is 19.2. The highest BCUT2D eigenvalue weighted by Gasteiger charge is 2.28. The van der Waals surface area contributed by atoms with Crippen molar-refractivity contribution in [3.8, 4) is 0 Å². The van der Waals surface area contributed by atoms with Gasteiger partial charge in [-0.2, -0.15) is 0 Å². The molecule has 1 aliphatic rings. The van der Waals surface area contributed by atoms with Gasteiger partial charge in [-0.1, -0.05) is 0 Å². The number of hydrogen-bond acceptors (Lipinski definition) is 3. The normalized spacial score (nSPS) is 16.9. The topological polar surface area (TPSA) is 89.4 Å². The Morgan fingerprint density at radius 1 is 1.12 bits per heavy atom. The number of carbonyl (C=O) groups is 2. The summed E-state index contributed by atoms with van der Waals surface area (Å²) in [6.45, 7) is 0.871. The lowest BCUT2D eigenvalue weighted by atomic mass is 9.86. The molecule has 4 N–H and O–H groups in total. The maximum Gasteiger partial charge on any atom is 0.231 e. The molecule has 0 aliphatic carbocycles. The summed E-state index contributed by atoms with van der Waals surface area (Å²) in [7, 11) is 0. The first-order valence-corrected chi connectivity index (χ1v) is 7.73. The number of likely N-dealkylation sites (tertiary alicyclic amines) is 1. The van der Waals surface area contributed by atoms with Crippen LogP contribution in [0.1, 0.15) is 24.8 Å². The van der Waals surface area contributed by atoms with Crippen molar-refractivity contribution in [2.75, 3.05) is 13.1 Å². The maximum atomic E-state index is 13.7. The lowest BCUT2D eigenvalue weighted by Gasteiger charge is -2.34. The Balaban J connectivity index is 1.91. The molecule has 0 unspecified atom stereocenters. The number of hydrogen-bond donors (Lipinski definition) is 2. The molecule has 2 amide bonds. The fraction of sp³-hybridized carbons (Fsp3) is 0.500. The Morgan fingerprint density at radius 2 is 1.71 bits per heavy atom. The zero-order chi connectivity index (χ0) is 17.9. The van der Waals surface area contributed by atoms with Crippen LogP contribution in [0.25, 0.3) is 0 Å². The van der Waals surface area contributed by atoms with Crippen molar-refractivity contribution in [3.63, 3.8) is 0 Å². The summed E-state index contributed by atoms with van der Waals surface area (Å²) in [5.41, 5.74) is 11.1. The number of rotatable bonds is 5. The molecule has 1 aromatic rings. The first-order chi connectivity index (χ1) is 11.3. The Kier molecular flexibility index (Phi) is 5.82. The van der Waals surface area contributed by atoms with E-state index in [1.165, 1.54) is 0 Å². The molecular formula is C16H20F3N3O2. The van der Waals surface area contributed by atoms with E-state index in [0.717, 1.165) is 6.07 Å². The SMILES string of the molecule is NC(=O)CC(=O)N1CCC([C@H](N)Cc2cc(F)c(F)cc2F)CC1. The van der Waals surface area contributed by atoms with Gasteiger partial charge in [-0.3, -0.25) is 9.59 Å². The van der Waals surface area contributed by atoms with Crippen LogP contribution in [0.15, 0.2) is 12.1 Å². The van der Waals surface area contributed by atoms with Crippen LogP contribution < -0.4 is 11.5 Å². The second-order valence-electron chi connectivity index (χ2n) is 6.09. The Morgan fingerprint density at radius 3 is 2.29 bits per heavy atom. The lowest BCUT2D eigenvalue weighted by molar-refractivity contribution is -0.136. The number of nitrogens with two attached hydrogens (primary N) is 2. The molecule has 132 valence electrons. The van der Waals surface area contributed by atoms with Gasteiger partial charge in [0, 0.05) is 25.2 Å². The second-order valence-corrected chi connectivity index (χ2v) is 6.09. The van der Waals surface area contributed by atoms with Crippen LogP contribution in [-0.4, -0.2) is 35.8 Å². The summed E-state index contributed by atoms with van der Waals surface area (Å²) >= 11 is 0. The van der Waals surface area contributed by atoms with Crippen molar-refractivity contribution in [1.82, 2.24) is 4.90 Å². The van der Waals surface area contributed by atoms with Gasteiger partial charge < -0.3 is 16.4 Å². The van der Waals surface area contributed by atoms with E-state index in [2.05, 4.69) is 0 Å². The molecule has 1 aromatic carbocycles. The molecule has 0 saturated carbocycles. The van der Waals surface area contributed by atoms with Crippen LogP contribution in [0.5, 0.6) is 0 Å². The molecule has 5 nitrogen and oxygen atoms in total. The summed E-state index contributed by atoms with van der Waals surface area (Å²) in [6, 6.07) is 0.913. The fourth-order valence-corrected chi connectivity index (χ4v) is 2.98. The predicted molar refractivity (Wildman–Crippen MR) is 81.1 cm³/mol.